The summed E-state index contributed by atoms with van der Waals surface area (Å²) in [5, 5.41) is 7.63. The van der Waals surface area contributed by atoms with Gasteiger partial charge in [0.05, 0.1) is 11.9 Å². The van der Waals surface area contributed by atoms with Crippen LogP contribution in [0.2, 0.25) is 0 Å². The van der Waals surface area contributed by atoms with Crippen molar-refractivity contribution < 1.29 is 13.2 Å². The molecule has 1 N–H and O–H groups in total. The molecule has 2 aromatic carbocycles. The molecule has 2 nitrogen and oxygen atoms in total. The summed E-state index contributed by atoms with van der Waals surface area (Å²) in [7, 11) is 0. The fourth-order valence-corrected chi connectivity index (χ4v) is 2.15. The Labute approximate surface area is 106 Å². The van der Waals surface area contributed by atoms with Crippen molar-refractivity contribution in [1.29, 1.82) is 0 Å². The van der Waals surface area contributed by atoms with Gasteiger partial charge in [-0.15, -0.1) is 0 Å². The minimum Gasteiger partial charge on any atom is -0.277 e. The standard InChI is InChI=1S/C14H9F3N2/c15-14(16,17)12-8-18-19-13(12)11-7-3-5-9-4-1-2-6-10(9)11/h1-8H,(H,18,19). The summed E-state index contributed by atoms with van der Waals surface area (Å²) >= 11 is 0. The highest BCUT2D eigenvalue weighted by molar-refractivity contribution is 5.96. The van der Waals surface area contributed by atoms with Gasteiger partial charge in [0.25, 0.3) is 0 Å². The number of alkyl halides is 3. The first-order valence-electron chi connectivity index (χ1n) is 5.66. The van der Waals surface area contributed by atoms with Gasteiger partial charge in [0, 0.05) is 5.56 Å². The van der Waals surface area contributed by atoms with E-state index in [0.717, 1.165) is 17.0 Å². The van der Waals surface area contributed by atoms with Crippen LogP contribution in [0, 0.1) is 0 Å². The molecule has 0 saturated carbocycles. The van der Waals surface area contributed by atoms with Crippen LogP contribution in [-0.4, -0.2) is 10.2 Å². The predicted molar refractivity (Wildman–Crippen MR) is 66.5 cm³/mol. The molecule has 1 heterocycles. The molecule has 0 amide bonds. The molecule has 3 aromatic rings. The van der Waals surface area contributed by atoms with Crippen LogP contribution >= 0.6 is 0 Å². The number of halogens is 3. The molecular formula is C14H9F3N2. The van der Waals surface area contributed by atoms with Crippen LogP contribution in [0.25, 0.3) is 22.0 Å². The largest absolute Gasteiger partial charge is 0.420 e. The summed E-state index contributed by atoms with van der Waals surface area (Å²) in [6.07, 6.45) is -3.60. The molecule has 0 aliphatic carbocycles. The van der Waals surface area contributed by atoms with Crippen molar-refractivity contribution in [2.45, 2.75) is 6.18 Å². The van der Waals surface area contributed by atoms with Crippen molar-refractivity contribution in [3.63, 3.8) is 0 Å². The third-order valence-electron chi connectivity index (χ3n) is 3.00. The third-order valence-corrected chi connectivity index (χ3v) is 3.00. The molecular weight excluding hydrogens is 253 g/mol. The van der Waals surface area contributed by atoms with E-state index in [1.807, 2.05) is 18.2 Å². The molecule has 0 saturated heterocycles. The van der Waals surface area contributed by atoms with E-state index in [1.54, 1.807) is 24.3 Å². The molecule has 5 heteroatoms. The fraction of sp³-hybridized carbons (Fsp3) is 0.0714. The highest BCUT2D eigenvalue weighted by Gasteiger charge is 2.35. The number of H-pyrrole nitrogens is 1. The maximum atomic E-state index is 12.9. The van der Waals surface area contributed by atoms with Crippen molar-refractivity contribution in [1.82, 2.24) is 10.2 Å². The second kappa shape index (κ2) is 4.12. The Morgan fingerprint density at radius 3 is 2.47 bits per heavy atom. The zero-order valence-corrected chi connectivity index (χ0v) is 9.70. The molecule has 0 spiro atoms. The van der Waals surface area contributed by atoms with E-state index in [0.29, 0.717) is 5.56 Å². The Kier molecular flexibility index (Phi) is 2.55. The number of aromatic nitrogens is 2. The molecule has 3 rings (SSSR count). The molecule has 96 valence electrons. The summed E-state index contributed by atoms with van der Waals surface area (Å²) in [6, 6.07) is 12.6. The lowest BCUT2D eigenvalue weighted by Gasteiger charge is -2.09. The zero-order chi connectivity index (χ0) is 13.5. The van der Waals surface area contributed by atoms with Gasteiger partial charge in [0.2, 0.25) is 0 Å². The average Bonchev–Trinajstić information content (AvgIpc) is 2.87. The van der Waals surface area contributed by atoms with Crippen LogP contribution in [-0.2, 0) is 6.18 Å². The normalized spacial score (nSPS) is 11.9. The first-order chi connectivity index (χ1) is 9.07. The van der Waals surface area contributed by atoms with Crippen molar-refractivity contribution >= 4 is 10.8 Å². The molecule has 0 fully saturated rings. The molecule has 0 atom stereocenters. The summed E-state index contributed by atoms with van der Waals surface area (Å²) in [5.74, 6) is 0. The van der Waals surface area contributed by atoms with Gasteiger partial charge in [-0.05, 0) is 10.8 Å². The van der Waals surface area contributed by atoms with Crippen molar-refractivity contribution in [2.24, 2.45) is 0 Å². The Balaban J connectivity index is 2.29. The quantitative estimate of drug-likeness (QED) is 0.697. The number of nitrogens with one attached hydrogen (secondary N) is 1. The second-order valence-electron chi connectivity index (χ2n) is 4.18. The van der Waals surface area contributed by atoms with E-state index < -0.39 is 11.7 Å². The summed E-state index contributed by atoms with van der Waals surface area (Å²) in [5.41, 5.74) is -0.240. The minimum absolute atomic E-state index is 0.00398. The number of hydrogen-bond donors (Lipinski definition) is 1. The maximum absolute atomic E-state index is 12.9. The van der Waals surface area contributed by atoms with E-state index in [2.05, 4.69) is 10.2 Å². The van der Waals surface area contributed by atoms with Gasteiger partial charge in [-0.25, -0.2) is 0 Å². The van der Waals surface area contributed by atoms with Gasteiger partial charge in [0.1, 0.15) is 5.56 Å². The predicted octanol–water partition coefficient (Wildman–Crippen LogP) is 4.25. The van der Waals surface area contributed by atoms with Gasteiger partial charge in [-0.3, -0.25) is 5.10 Å². The van der Waals surface area contributed by atoms with E-state index in [4.69, 9.17) is 0 Å². The van der Waals surface area contributed by atoms with Crippen LogP contribution < -0.4 is 0 Å². The first-order valence-corrected chi connectivity index (χ1v) is 5.66. The Morgan fingerprint density at radius 2 is 1.68 bits per heavy atom. The number of hydrogen-bond acceptors (Lipinski definition) is 1. The zero-order valence-electron chi connectivity index (χ0n) is 9.70. The molecule has 0 radical (unpaired) electrons. The van der Waals surface area contributed by atoms with Crippen molar-refractivity contribution in [3.8, 4) is 11.3 Å². The van der Waals surface area contributed by atoms with E-state index >= 15 is 0 Å². The van der Waals surface area contributed by atoms with E-state index in [9.17, 15) is 13.2 Å². The van der Waals surface area contributed by atoms with Gasteiger partial charge in [-0.1, -0.05) is 42.5 Å². The van der Waals surface area contributed by atoms with Gasteiger partial charge in [-0.2, -0.15) is 18.3 Å². The summed E-state index contributed by atoms with van der Waals surface area (Å²) in [6.45, 7) is 0. The third kappa shape index (κ3) is 1.97. The molecule has 0 aliphatic heterocycles. The summed E-state index contributed by atoms with van der Waals surface area (Å²) < 4.78 is 38.7. The topological polar surface area (TPSA) is 28.7 Å². The van der Waals surface area contributed by atoms with E-state index in [1.165, 1.54) is 0 Å². The Morgan fingerprint density at radius 1 is 0.947 bits per heavy atom. The fourth-order valence-electron chi connectivity index (χ4n) is 2.15. The minimum atomic E-state index is -4.42. The van der Waals surface area contributed by atoms with Crippen molar-refractivity contribution in [2.75, 3.05) is 0 Å². The van der Waals surface area contributed by atoms with Crippen LogP contribution in [0.1, 0.15) is 5.56 Å². The molecule has 0 bridgehead atoms. The van der Waals surface area contributed by atoms with Crippen LogP contribution in [0.3, 0.4) is 0 Å². The first kappa shape index (κ1) is 11.8. The van der Waals surface area contributed by atoms with Gasteiger partial charge in [0.15, 0.2) is 0 Å². The lowest BCUT2D eigenvalue weighted by atomic mass is 10.00. The Hall–Kier alpha value is -2.30. The average molecular weight is 262 g/mol. The molecule has 19 heavy (non-hydrogen) atoms. The lowest BCUT2D eigenvalue weighted by molar-refractivity contribution is -0.137. The van der Waals surface area contributed by atoms with Gasteiger partial charge < -0.3 is 0 Å². The maximum Gasteiger partial charge on any atom is 0.420 e. The number of aromatic amines is 1. The second-order valence-corrected chi connectivity index (χ2v) is 4.18. The molecule has 0 unspecified atom stereocenters. The van der Waals surface area contributed by atoms with Crippen LogP contribution in [0.4, 0.5) is 13.2 Å². The van der Waals surface area contributed by atoms with Crippen LogP contribution in [0.15, 0.2) is 48.7 Å². The van der Waals surface area contributed by atoms with Crippen LogP contribution in [0.5, 0.6) is 0 Å². The number of rotatable bonds is 1. The molecule has 0 aliphatic rings. The highest BCUT2D eigenvalue weighted by atomic mass is 19.4. The number of fused-ring (bicyclic) bond motifs is 1. The van der Waals surface area contributed by atoms with E-state index in [-0.39, 0.29) is 5.69 Å². The summed E-state index contributed by atoms with van der Waals surface area (Å²) in [4.78, 5) is 0. The number of benzene rings is 2. The monoisotopic (exact) mass is 262 g/mol. The number of nitrogens with zero attached hydrogens (tertiary/aromatic N) is 1. The van der Waals surface area contributed by atoms with Gasteiger partial charge >= 0.3 is 6.18 Å². The SMILES string of the molecule is FC(F)(F)c1cn[nH]c1-c1cccc2ccccc12. The highest BCUT2D eigenvalue weighted by Crippen LogP contribution is 2.37. The lowest BCUT2D eigenvalue weighted by Crippen LogP contribution is -2.05. The molecule has 1 aromatic heterocycles. The Bertz CT molecular complexity index is 723. The smallest absolute Gasteiger partial charge is 0.277 e. The van der Waals surface area contributed by atoms with Crippen molar-refractivity contribution in [3.05, 3.63) is 54.2 Å².